The van der Waals surface area contributed by atoms with Gasteiger partial charge in [-0.3, -0.25) is 4.98 Å². The summed E-state index contributed by atoms with van der Waals surface area (Å²) in [6.45, 7) is 1.94. The molecule has 0 radical (unpaired) electrons. The Balaban J connectivity index is 1.44. The number of ether oxygens (including phenoxy) is 2. The first-order chi connectivity index (χ1) is 16.1. The van der Waals surface area contributed by atoms with Gasteiger partial charge in [-0.25, -0.2) is 0 Å². The average Bonchev–Trinajstić information content (AvgIpc) is 3.43. The van der Waals surface area contributed by atoms with Gasteiger partial charge in [0.2, 0.25) is 0 Å². The molecule has 0 saturated carbocycles. The molecule has 33 heavy (non-hydrogen) atoms. The maximum absolute atomic E-state index is 6.04. The minimum Gasteiger partial charge on any atom is -0.497 e. The molecule has 4 aromatic rings. The van der Waals surface area contributed by atoms with E-state index < -0.39 is 0 Å². The Morgan fingerprint density at radius 2 is 1.61 bits per heavy atom. The van der Waals surface area contributed by atoms with Crippen molar-refractivity contribution >= 4 is 23.0 Å². The van der Waals surface area contributed by atoms with Crippen LogP contribution in [0.3, 0.4) is 0 Å². The van der Waals surface area contributed by atoms with Gasteiger partial charge in [-0.05, 0) is 91.9 Å². The maximum Gasteiger partial charge on any atom is 0.174 e. The Hall–Kier alpha value is -3.84. The Kier molecular flexibility index (Phi) is 5.71. The zero-order valence-electron chi connectivity index (χ0n) is 18.3. The van der Waals surface area contributed by atoms with Crippen molar-refractivity contribution in [1.82, 2.24) is 10.3 Å². The molecule has 1 saturated heterocycles. The highest BCUT2D eigenvalue weighted by Gasteiger charge is 2.42. The van der Waals surface area contributed by atoms with Gasteiger partial charge in [0, 0.05) is 11.9 Å². The standard InChI is InChI=1S/C26H23N3O3S/c1-17-6-15-23(31-17)25-24(22-5-3-4-16-27-22)28-26(33)29(25)18-7-9-20(10-8-18)32-21-13-11-19(30-2)12-14-21/h3-16,24-25H,1-2H3,(H,28,33)/t24-,25-/m0/s1. The number of aromatic nitrogens is 1. The largest absolute Gasteiger partial charge is 0.497 e. The number of nitrogens with one attached hydrogen (secondary N) is 1. The Labute approximate surface area is 197 Å². The second-order valence-corrected chi connectivity index (χ2v) is 8.10. The topological polar surface area (TPSA) is 59.8 Å². The molecule has 5 rings (SSSR count). The number of rotatable bonds is 6. The van der Waals surface area contributed by atoms with Gasteiger partial charge < -0.3 is 24.1 Å². The molecule has 166 valence electrons. The van der Waals surface area contributed by atoms with Gasteiger partial charge in [0.25, 0.3) is 0 Å². The van der Waals surface area contributed by atoms with E-state index in [0.717, 1.165) is 40.2 Å². The van der Waals surface area contributed by atoms with Gasteiger partial charge in [-0.2, -0.15) is 0 Å². The van der Waals surface area contributed by atoms with Crippen LogP contribution in [0.25, 0.3) is 0 Å². The monoisotopic (exact) mass is 457 g/mol. The van der Waals surface area contributed by atoms with E-state index in [4.69, 9.17) is 26.1 Å². The molecular formula is C26H23N3O3S. The lowest BCUT2D eigenvalue weighted by molar-refractivity contribution is 0.413. The first kappa shape index (κ1) is 21.0. The van der Waals surface area contributed by atoms with E-state index in [0.29, 0.717) is 5.11 Å². The van der Waals surface area contributed by atoms with Crippen molar-refractivity contribution in [2.24, 2.45) is 0 Å². The molecule has 1 aliphatic heterocycles. The number of thiocarbonyl (C=S) groups is 1. The molecule has 1 fully saturated rings. The smallest absolute Gasteiger partial charge is 0.174 e. The molecule has 6 nitrogen and oxygen atoms in total. The van der Waals surface area contributed by atoms with E-state index in [1.807, 2.05) is 85.8 Å². The molecule has 2 aromatic heterocycles. The van der Waals surface area contributed by atoms with Gasteiger partial charge in [-0.15, -0.1) is 0 Å². The maximum atomic E-state index is 6.04. The number of furan rings is 1. The van der Waals surface area contributed by atoms with Crippen molar-refractivity contribution in [3.05, 3.63) is 102 Å². The number of hydrogen-bond acceptors (Lipinski definition) is 5. The van der Waals surface area contributed by atoms with Crippen molar-refractivity contribution in [1.29, 1.82) is 0 Å². The van der Waals surface area contributed by atoms with Crippen molar-refractivity contribution in [2.45, 2.75) is 19.0 Å². The number of methoxy groups -OCH3 is 1. The molecule has 0 unspecified atom stereocenters. The number of benzene rings is 2. The van der Waals surface area contributed by atoms with E-state index in [1.165, 1.54) is 0 Å². The van der Waals surface area contributed by atoms with Crippen molar-refractivity contribution < 1.29 is 13.9 Å². The van der Waals surface area contributed by atoms with Crippen LogP contribution in [-0.4, -0.2) is 17.2 Å². The third-order valence-electron chi connectivity index (χ3n) is 5.56. The van der Waals surface area contributed by atoms with Crippen molar-refractivity contribution in [2.75, 3.05) is 12.0 Å². The van der Waals surface area contributed by atoms with E-state index in [2.05, 4.69) is 15.2 Å². The second-order valence-electron chi connectivity index (χ2n) is 7.72. The lowest BCUT2D eigenvalue weighted by atomic mass is 10.0. The quantitative estimate of drug-likeness (QED) is 0.358. The molecule has 3 heterocycles. The summed E-state index contributed by atoms with van der Waals surface area (Å²) in [6, 6.07) is 24.9. The number of hydrogen-bond donors (Lipinski definition) is 1. The lowest BCUT2D eigenvalue weighted by Gasteiger charge is -2.26. The Morgan fingerprint density at radius 3 is 2.21 bits per heavy atom. The molecule has 0 amide bonds. The molecular weight excluding hydrogens is 434 g/mol. The third-order valence-corrected chi connectivity index (χ3v) is 5.88. The van der Waals surface area contributed by atoms with Gasteiger partial charge in [0.15, 0.2) is 5.11 Å². The van der Waals surface area contributed by atoms with Crippen LogP contribution in [0.5, 0.6) is 17.2 Å². The highest BCUT2D eigenvalue weighted by Crippen LogP contribution is 2.42. The molecule has 0 aliphatic carbocycles. The van der Waals surface area contributed by atoms with Gasteiger partial charge in [0.1, 0.15) is 34.8 Å². The van der Waals surface area contributed by atoms with E-state index in [9.17, 15) is 0 Å². The van der Waals surface area contributed by atoms with Gasteiger partial charge in [-0.1, -0.05) is 6.07 Å². The minimum absolute atomic E-state index is 0.139. The predicted octanol–water partition coefficient (Wildman–Crippen LogP) is 5.96. The van der Waals surface area contributed by atoms with Crippen LogP contribution in [0.2, 0.25) is 0 Å². The second kappa shape index (κ2) is 8.96. The van der Waals surface area contributed by atoms with Crippen LogP contribution < -0.4 is 19.7 Å². The summed E-state index contributed by atoms with van der Waals surface area (Å²) < 4.78 is 17.2. The zero-order chi connectivity index (χ0) is 22.8. The Morgan fingerprint density at radius 1 is 0.909 bits per heavy atom. The van der Waals surface area contributed by atoms with E-state index in [1.54, 1.807) is 13.3 Å². The number of anilines is 1. The summed E-state index contributed by atoms with van der Waals surface area (Å²) in [6.07, 6.45) is 1.79. The lowest BCUT2D eigenvalue weighted by Crippen LogP contribution is -2.29. The van der Waals surface area contributed by atoms with Crippen LogP contribution in [0.4, 0.5) is 5.69 Å². The SMILES string of the molecule is COc1ccc(Oc2ccc(N3C(=S)N[C@@H](c4ccccn4)[C@@H]3c3ccc(C)o3)cc2)cc1. The summed E-state index contributed by atoms with van der Waals surface area (Å²) in [5.74, 6) is 3.93. The third kappa shape index (κ3) is 4.27. The van der Waals surface area contributed by atoms with Crippen LogP contribution in [0.15, 0.2) is 89.5 Å². The van der Waals surface area contributed by atoms with Crippen molar-refractivity contribution in [3.8, 4) is 17.2 Å². The highest BCUT2D eigenvalue weighted by atomic mass is 32.1. The molecule has 7 heteroatoms. The van der Waals surface area contributed by atoms with Crippen LogP contribution in [0, 0.1) is 6.92 Å². The fraction of sp³-hybridized carbons (Fsp3) is 0.154. The predicted molar refractivity (Wildman–Crippen MR) is 131 cm³/mol. The molecule has 2 aromatic carbocycles. The molecule has 1 aliphatic rings. The molecule has 0 bridgehead atoms. The van der Waals surface area contributed by atoms with E-state index >= 15 is 0 Å². The van der Waals surface area contributed by atoms with E-state index in [-0.39, 0.29) is 12.1 Å². The fourth-order valence-electron chi connectivity index (χ4n) is 3.99. The summed E-state index contributed by atoms with van der Waals surface area (Å²) in [4.78, 5) is 6.63. The normalized spacial score (nSPS) is 17.6. The van der Waals surface area contributed by atoms with Gasteiger partial charge in [0.05, 0.1) is 18.8 Å². The van der Waals surface area contributed by atoms with Gasteiger partial charge >= 0.3 is 0 Å². The summed E-state index contributed by atoms with van der Waals surface area (Å²) in [5.41, 5.74) is 1.84. The number of pyridine rings is 1. The molecule has 1 N–H and O–H groups in total. The van der Waals surface area contributed by atoms with Crippen LogP contribution >= 0.6 is 12.2 Å². The minimum atomic E-state index is -0.172. The summed E-state index contributed by atoms with van der Waals surface area (Å²) in [7, 11) is 1.64. The number of aryl methyl sites for hydroxylation is 1. The van der Waals surface area contributed by atoms with Crippen molar-refractivity contribution in [3.63, 3.8) is 0 Å². The first-order valence-corrected chi connectivity index (χ1v) is 11.0. The zero-order valence-corrected chi connectivity index (χ0v) is 19.1. The van der Waals surface area contributed by atoms with Crippen LogP contribution in [0.1, 0.15) is 29.3 Å². The molecule has 2 atom stereocenters. The Bertz CT molecular complexity index is 1240. The fourth-order valence-corrected chi connectivity index (χ4v) is 4.33. The first-order valence-electron chi connectivity index (χ1n) is 10.6. The average molecular weight is 458 g/mol. The molecule has 0 spiro atoms. The highest BCUT2D eigenvalue weighted by molar-refractivity contribution is 7.80. The van der Waals surface area contributed by atoms with Crippen LogP contribution in [-0.2, 0) is 0 Å². The summed E-state index contributed by atoms with van der Waals surface area (Å²) >= 11 is 5.75. The number of nitrogens with zero attached hydrogens (tertiary/aromatic N) is 2. The summed E-state index contributed by atoms with van der Waals surface area (Å²) in [5, 5.41) is 4.05.